The van der Waals surface area contributed by atoms with E-state index < -0.39 is 0 Å². The minimum absolute atomic E-state index is 0.658. The number of pyridine rings is 1. The SMILES string of the molecule is Cc1ccnc(-n2nc(C)c(C)c2N)c1. The zero-order valence-corrected chi connectivity index (χ0v) is 9.15. The van der Waals surface area contributed by atoms with E-state index >= 15 is 0 Å². The Labute approximate surface area is 88.8 Å². The molecule has 0 aromatic carbocycles. The molecular weight excluding hydrogens is 188 g/mol. The molecule has 0 unspecified atom stereocenters. The molecule has 0 aliphatic carbocycles. The number of nitrogens with two attached hydrogens (primary N) is 1. The van der Waals surface area contributed by atoms with E-state index in [2.05, 4.69) is 10.1 Å². The summed E-state index contributed by atoms with van der Waals surface area (Å²) in [5.74, 6) is 1.43. The molecule has 2 aromatic rings. The van der Waals surface area contributed by atoms with E-state index in [1.807, 2.05) is 32.9 Å². The Morgan fingerprint density at radius 1 is 1.27 bits per heavy atom. The predicted octanol–water partition coefficient (Wildman–Crippen LogP) is 1.77. The highest BCUT2D eigenvalue weighted by Crippen LogP contribution is 2.18. The van der Waals surface area contributed by atoms with Gasteiger partial charge in [-0.1, -0.05) is 0 Å². The number of nitrogens with zero attached hydrogens (tertiary/aromatic N) is 3. The van der Waals surface area contributed by atoms with Gasteiger partial charge in [0, 0.05) is 11.8 Å². The van der Waals surface area contributed by atoms with E-state index in [0.29, 0.717) is 5.82 Å². The van der Waals surface area contributed by atoms with Crippen molar-refractivity contribution >= 4 is 5.82 Å². The highest BCUT2D eigenvalue weighted by molar-refractivity contribution is 5.47. The van der Waals surface area contributed by atoms with Gasteiger partial charge in [0.25, 0.3) is 0 Å². The number of aromatic nitrogens is 3. The summed E-state index contributed by atoms with van der Waals surface area (Å²) in [5.41, 5.74) is 9.04. The molecule has 2 rings (SSSR count). The second kappa shape index (κ2) is 3.38. The van der Waals surface area contributed by atoms with Crippen molar-refractivity contribution in [3.63, 3.8) is 0 Å². The summed E-state index contributed by atoms with van der Waals surface area (Å²) in [6.45, 7) is 5.92. The molecule has 0 atom stereocenters. The van der Waals surface area contributed by atoms with Crippen molar-refractivity contribution in [2.24, 2.45) is 0 Å². The first-order valence-electron chi connectivity index (χ1n) is 4.84. The van der Waals surface area contributed by atoms with E-state index in [-0.39, 0.29) is 0 Å². The van der Waals surface area contributed by atoms with Gasteiger partial charge in [-0.05, 0) is 38.5 Å². The lowest BCUT2D eigenvalue weighted by Crippen LogP contribution is -2.04. The molecule has 0 fully saturated rings. The number of anilines is 1. The number of rotatable bonds is 1. The average Bonchev–Trinajstić information content (AvgIpc) is 2.46. The molecule has 0 spiro atoms. The lowest BCUT2D eigenvalue weighted by atomic mass is 10.3. The molecule has 15 heavy (non-hydrogen) atoms. The number of hydrogen-bond acceptors (Lipinski definition) is 3. The van der Waals surface area contributed by atoms with Gasteiger partial charge in [0.15, 0.2) is 5.82 Å². The van der Waals surface area contributed by atoms with Crippen molar-refractivity contribution < 1.29 is 0 Å². The third-order valence-corrected chi connectivity index (χ3v) is 2.52. The van der Waals surface area contributed by atoms with Crippen LogP contribution in [0.4, 0.5) is 5.82 Å². The molecule has 0 amide bonds. The second-order valence-corrected chi connectivity index (χ2v) is 3.70. The molecule has 4 nitrogen and oxygen atoms in total. The topological polar surface area (TPSA) is 56.7 Å². The molecule has 2 N–H and O–H groups in total. The summed E-state index contributed by atoms with van der Waals surface area (Å²) in [5, 5.41) is 4.35. The standard InChI is InChI=1S/C11H14N4/c1-7-4-5-13-10(6-7)15-11(12)8(2)9(3)14-15/h4-6H,12H2,1-3H3. The zero-order valence-electron chi connectivity index (χ0n) is 9.15. The van der Waals surface area contributed by atoms with Crippen LogP contribution in [0.5, 0.6) is 0 Å². The summed E-state index contributed by atoms with van der Waals surface area (Å²) in [6.07, 6.45) is 1.76. The van der Waals surface area contributed by atoms with Crippen LogP contribution in [0.1, 0.15) is 16.8 Å². The van der Waals surface area contributed by atoms with Gasteiger partial charge in [0.05, 0.1) is 5.69 Å². The molecule has 0 bridgehead atoms. The van der Waals surface area contributed by atoms with Crippen LogP contribution >= 0.6 is 0 Å². The molecule has 0 saturated heterocycles. The molecule has 0 aliphatic heterocycles. The Hall–Kier alpha value is -1.84. The number of hydrogen-bond donors (Lipinski definition) is 1. The third kappa shape index (κ3) is 1.58. The molecule has 0 saturated carbocycles. The average molecular weight is 202 g/mol. The fourth-order valence-corrected chi connectivity index (χ4v) is 1.43. The Morgan fingerprint density at radius 3 is 2.53 bits per heavy atom. The summed E-state index contributed by atoms with van der Waals surface area (Å²) in [6, 6.07) is 3.91. The highest BCUT2D eigenvalue weighted by Gasteiger charge is 2.10. The fraction of sp³-hybridized carbons (Fsp3) is 0.273. The minimum atomic E-state index is 0.658. The van der Waals surface area contributed by atoms with E-state index in [1.54, 1.807) is 10.9 Å². The van der Waals surface area contributed by atoms with Gasteiger partial charge in [0.2, 0.25) is 0 Å². The molecular formula is C11H14N4. The van der Waals surface area contributed by atoms with Crippen molar-refractivity contribution in [2.75, 3.05) is 5.73 Å². The maximum atomic E-state index is 5.95. The van der Waals surface area contributed by atoms with Gasteiger partial charge < -0.3 is 5.73 Å². The van der Waals surface area contributed by atoms with Gasteiger partial charge in [-0.3, -0.25) is 0 Å². The predicted molar refractivity (Wildman–Crippen MR) is 60.0 cm³/mol. The van der Waals surface area contributed by atoms with Crippen molar-refractivity contribution in [1.82, 2.24) is 14.8 Å². The lowest BCUT2D eigenvalue weighted by molar-refractivity contribution is 0.840. The molecule has 0 aliphatic rings. The maximum Gasteiger partial charge on any atom is 0.155 e. The fourth-order valence-electron chi connectivity index (χ4n) is 1.43. The van der Waals surface area contributed by atoms with Crippen LogP contribution < -0.4 is 5.73 Å². The molecule has 4 heteroatoms. The van der Waals surface area contributed by atoms with E-state index in [9.17, 15) is 0 Å². The largest absolute Gasteiger partial charge is 0.383 e. The van der Waals surface area contributed by atoms with Gasteiger partial charge in [-0.15, -0.1) is 0 Å². The Morgan fingerprint density at radius 2 is 2.00 bits per heavy atom. The van der Waals surface area contributed by atoms with Crippen molar-refractivity contribution in [3.05, 3.63) is 35.2 Å². The highest BCUT2D eigenvalue weighted by atomic mass is 15.3. The molecule has 78 valence electrons. The minimum Gasteiger partial charge on any atom is -0.383 e. The maximum absolute atomic E-state index is 5.95. The zero-order chi connectivity index (χ0) is 11.0. The molecule has 2 aromatic heterocycles. The van der Waals surface area contributed by atoms with E-state index in [4.69, 9.17) is 5.73 Å². The van der Waals surface area contributed by atoms with Crippen LogP contribution in [0.15, 0.2) is 18.3 Å². The van der Waals surface area contributed by atoms with Crippen LogP contribution in [-0.2, 0) is 0 Å². The molecule has 2 heterocycles. The smallest absolute Gasteiger partial charge is 0.155 e. The first kappa shape index (κ1) is 9.71. The van der Waals surface area contributed by atoms with Crippen molar-refractivity contribution in [3.8, 4) is 5.82 Å². The Bertz CT molecular complexity index is 499. The van der Waals surface area contributed by atoms with Gasteiger partial charge >= 0.3 is 0 Å². The Balaban J connectivity index is 2.59. The van der Waals surface area contributed by atoms with Gasteiger partial charge in [-0.2, -0.15) is 9.78 Å². The first-order valence-corrected chi connectivity index (χ1v) is 4.84. The number of nitrogen functional groups attached to an aromatic ring is 1. The van der Waals surface area contributed by atoms with Gasteiger partial charge in [-0.25, -0.2) is 4.98 Å². The first-order chi connectivity index (χ1) is 7.09. The summed E-state index contributed by atoms with van der Waals surface area (Å²) >= 11 is 0. The quantitative estimate of drug-likeness (QED) is 0.766. The van der Waals surface area contributed by atoms with Gasteiger partial charge in [0.1, 0.15) is 5.82 Å². The van der Waals surface area contributed by atoms with Crippen LogP contribution in [-0.4, -0.2) is 14.8 Å². The van der Waals surface area contributed by atoms with Crippen LogP contribution in [0.25, 0.3) is 5.82 Å². The van der Waals surface area contributed by atoms with E-state index in [1.165, 1.54) is 0 Å². The second-order valence-electron chi connectivity index (χ2n) is 3.70. The summed E-state index contributed by atoms with van der Waals surface area (Å²) in [7, 11) is 0. The van der Waals surface area contributed by atoms with E-state index in [0.717, 1.165) is 22.6 Å². The summed E-state index contributed by atoms with van der Waals surface area (Å²) < 4.78 is 1.68. The van der Waals surface area contributed by atoms with Crippen LogP contribution in [0.3, 0.4) is 0 Å². The normalized spacial score (nSPS) is 10.6. The van der Waals surface area contributed by atoms with Crippen molar-refractivity contribution in [2.45, 2.75) is 20.8 Å². The molecule has 0 radical (unpaired) electrons. The van der Waals surface area contributed by atoms with Crippen molar-refractivity contribution in [1.29, 1.82) is 0 Å². The lowest BCUT2D eigenvalue weighted by Gasteiger charge is -2.03. The van der Waals surface area contributed by atoms with Crippen LogP contribution in [0, 0.1) is 20.8 Å². The Kier molecular flexibility index (Phi) is 2.19. The summed E-state index contributed by atoms with van der Waals surface area (Å²) in [4.78, 5) is 4.25. The monoisotopic (exact) mass is 202 g/mol. The number of aryl methyl sites for hydroxylation is 2. The van der Waals surface area contributed by atoms with Crippen LogP contribution in [0.2, 0.25) is 0 Å². The third-order valence-electron chi connectivity index (χ3n) is 2.52.